The molecule has 0 radical (unpaired) electrons. The molecule has 1 aliphatic carbocycles. The van der Waals surface area contributed by atoms with Crippen molar-refractivity contribution in [1.29, 1.82) is 0 Å². The lowest BCUT2D eigenvalue weighted by Gasteiger charge is -2.28. The van der Waals surface area contributed by atoms with Gasteiger partial charge in [-0.1, -0.05) is 57.6 Å². The molecule has 1 saturated carbocycles. The summed E-state index contributed by atoms with van der Waals surface area (Å²) in [5.41, 5.74) is 1.02. The van der Waals surface area contributed by atoms with E-state index in [-0.39, 0.29) is 5.56 Å². The summed E-state index contributed by atoms with van der Waals surface area (Å²) in [6, 6.07) is 8.18. The molecular weight excluding hydrogens is 345 g/mol. The molecule has 0 saturated heterocycles. The van der Waals surface area contributed by atoms with Crippen LogP contribution in [0.1, 0.15) is 63.9 Å². The van der Waals surface area contributed by atoms with Crippen molar-refractivity contribution in [2.75, 3.05) is 0 Å². The molecule has 1 aliphatic rings. The minimum absolute atomic E-state index is 0.0709. The number of benzene rings is 2. The molecule has 0 heterocycles. The first-order valence-electron chi connectivity index (χ1n) is 10.3. The van der Waals surface area contributed by atoms with E-state index < -0.39 is 17.5 Å². The van der Waals surface area contributed by atoms with Crippen LogP contribution in [-0.4, -0.2) is 0 Å². The van der Waals surface area contributed by atoms with Crippen LogP contribution in [0.4, 0.5) is 13.2 Å². The summed E-state index contributed by atoms with van der Waals surface area (Å²) in [6.07, 6.45) is 10.8. The Labute approximate surface area is 160 Å². The van der Waals surface area contributed by atoms with Gasteiger partial charge in [-0.15, -0.1) is 0 Å². The fourth-order valence-electron chi connectivity index (χ4n) is 4.38. The van der Waals surface area contributed by atoms with Gasteiger partial charge in [-0.25, -0.2) is 13.2 Å². The monoisotopic (exact) mass is 374 g/mol. The van der Waals surface area contributed by atoms with Gasteiger partial charge in [-0.3, -0.25) is 0 Å². The number of unbranched alkanes of at least 4 members (excludes halogenated alkanes) is 2. The smallest absolute Gasteiger partial charge is 0.134 e. The second-order valence-electron chi connectivity index (χ2n) is 8.03. The molecule has 3 heteroatoms. The lowest BCUT2D eigenvalue weighted by atomic mass is 9.77. The average molecular weight is 374 g/mol. The van der Waals surface area contributed by atoms with Crippen LogP contribution in [0.25, 0.3) is 11.1 Å². The van der Waals surface area contributed by atoms with Crippen molar-refractivity contribution in [2.24, 2.45) is 11.8 Å². The summed E-state index contributed by atoms with van der Waals surface area (Å²) in [4.78, 5) is 0. The Bertz CT molecular complexity index is 705. The van der Waals surface area contributed by atoms with Gasteiger partial charge in [0.2, 0.25) is 0 Å². The summed E-state index contributed by atoms with van der Waals surface area (Å²) in [5, 5.41) is 0. The van der Waals surface area contributed by atoms with Crippen LogP contribution >= 0.6 is 0 Å². The first-order valence-corrected chi connectivity index (χ1v) is 10.3. The molecule has 0 nitrogen and oxygen atoms in total. The second kappa shape index (κ2) is 9.43. The van der Waals surface area contributed by atoms with E-state index in [2.05, 4.69) is 6.92 Å². The molecule has 0 aromatic heterocycles. The predicted molar refractivity (Wildman–Crippen MR) is 105 cm³/mol. The molecule has 0 amide bonds. The van der Waals surface area contributed by atoms with Crippen molar-refractivity contribution in [3.05, 3.63) is 59.4 Å². The largest absolute Gasteiger partial charge is 0.207 e. The number of rotatable bonds is 7. The van der Waals surface area contributed by atoms with Gasteiger partial charge in [0.15, 0.2) is 0 Å². The van der Waals surface area contributed by atoms with Gasteiger partial charge in [-0.05, 0) is 66.5 Å². The lowest BCUT2D eigenvalue weighted by Crippen LogP contribution is -2.16. The summed E-state index contributed by atoms with van der Waals surface area (Å²) in [6.45, 7) is 2.23. The number of halogens is 3. The summed E-state index contributed by atoms with van der Waals surface area (Å²) >= 11 is 0. The van der Waals surface area contributed by atoms with Crippen molar-refractivity contribution < 1.29 is 13.2 Å². The maximum Gasteiger partial charge on any atom is 0.134 e. The highest BCUT2D eigenvalue weighted by atomic mass is 19.1. The topological polar surface area (TPSA) is 0 Å². The number of hydrogen-bond donors (Lipinski definition) is 0. The fourth-order valence-corrected chi connectivity index (χ4v) is 4.38. The van der Waals surface area contributed by atoms with Crippen molar-refractivity contribution in [3.63, 3.8) is 0 Å². The Balaban J connectivity index is 1.61. The lowest BCUT2D eigenvalue weighted by molar-refractivity contribution is 0.257. The summed E-state index contributed by atoms with van der Waals surface area (Å²) in [5.74, 6) is -0.193. The van der Waals surface area contributed by atoms with E-state index in [1.165, 1.54) is 74.9 Å². The van der Waals surface area contributed by atoms with Crippen molar-refractivity contribution in [2.45, 2.75) is 64.7 Å². The van der Waals surface area contributed by atoms with Crippen LogP contribution < -0.4 is 0 Å². The van der Waals surface area contributed by atoms with E-state index in [9.17, 15) is 13.2 Å². The number of hydrogen-bond acceptors (Lipinski definition) is 0. The molecule has 0 N–H and O–H groups in total. The second-order valence-corrected chi connectivity index (χ2v) is 8.03. The third-order valence-electron chi connectivity index (χ3n) is 5.94. The first-order chi connectivity index (χ1) is 13.1. The summed E-state index contributed by atoms with van der Waals surface area (Å²) in [7, 11) is 0. The highest BCUT2D eigenvalue weighted by molar-refractivity contribution is 5.65. The van der Waals surface area contributed by atoms with Crippen LogP contribution in [0.5, 0.6) is 0 Å². The van der Waals surface area contributed by atoms with Gasteiger partial charge in [0.05, 0.1) is 5.56 Å². The highest BCUT2D eigenvalue weighted by Gasteiger charge is 2.22. The SMILES string of the molecule is CCCCCC1CCC(Cc2cc(F)c(-c3ccc(F)cc3)c(F)c2)CC1. The van der Waals surface area contributed by atoms with E-state index in [4.69, 9.17) is 0 Å². The zero-order valence-electron chi connectivity index (χ0n) is 16.1. The Morgan fingerprint density at radius 3 is 2.00 bits per heavy atom. The highest BCUT2D eigenvalue weighted by Crippen LogP contribution is 2.35. The van der Waals surface area contributed by atoms with E-state index >= 15 is 0 Å². The molecule has 1 fully saturated rings. The van der Waals surface area contributed by atoms with Crippen molar-refractivity contribution >= 4 is 0 Å². The molecule has 0 unspecified atom stereocenters. The van der Waals surface area contributed by atoms with Gasteiger partial charge in [-0.2, -0.15) is 0 Å². The molecule has 146 valence electrons. The van der Waals surface area contributed by atoms with E-state index in [0.29, 0.717) is 11.5 Å². The molecule has 0 atom stereocenters. The molecular formula is C24H29F3. The zero-order valence-corrected chi connectivity index (χ0v) is 16.1. The van der Waals surface area contributed by atoms with Gasteiger partial charge >= 0.3 is 0 Å². The standard InChI is InChI=1S/C24H29F3/c1-2-3-4-5-17-6-8-18(9-7-17)14-19-15-22(26)24(23(27)16-19)20-10-12-21(25)13-11-20/h10-13,15-18H,2-9,14H2,1H3. The fraction of sp³-hybridized carbons (Fsp3) is 0.500. The Morgan fingerprint density at radius 1 is 0.815 bits per heavy atom. The third kappa shape index (κ3) is 5.37. The van der Waals surface area contributed by atoms with Crippen LogP contribution in [0.15, 0.2) is 36.4 Å². The van der Waals surface area contributed by atoms with E-state index in [1.807, 2.05) is 0 Å². The van der Waals surface area contributed by atoms with Crippen LogP contribution in [0, 0.1) is 29.3 Å². The molecule has 0 aliphatic heterocycles. The quantitative estimate of drug-likeness (QED) is 0.436. The molecule has 27 heavy (non-hydrogen) atoms. The normalized spacial score (nSPS) is 20.0. The Hall–Kier alpha value is -1.77. The maximum atomic E-state index is 14.6. The predicted octanol–water partition coefficient (Wildman–Crippen LogP) is 7.70. The van der Waals surface area contributed by atoms with Crippen LogP contribution in [-0.2, 0) is 6.42 Å². The molecule has 3 rings (SSSR count). The maximum absolute atomic E-state index is 14.6. The van der Waals surface area contributed by atoms with Crippen molar-refractivity contribution in [1.82, 2.24) is 0 Å². The van der Waals surface area contributed by atoms with Gasteiger partial charge in [0.25, 0.3) is 0 Å². The van der Waals surface area contributed by atoms with Gasteiger partial charge < -0.3 is 0 Å². The average Bonchev–Trinajstić information content (AvgIpc) is 2.64. The molecule has 0 spiro atoms. The summed E-state index contributed by atoms with van der Waals surface area (Å²) < 4.78 is 42.2. The third-order valence-corrected chi connectivity index (χ3v) is 5.94. The Morgan fingerprint density at radius 2 is 1.41 bits per heavy atom. The van der Waals surface area contributed by atoms with Crippen LogP contribution in [0.2, 0.25) is 0 Å². The first kappa shape index (κ1) is 20.0. The zero-order chi connectivity index (χ0) is 19.2. The molecule has 2 aromatic carbocycles. The van der Waals surface area contributed by atoms with E-state index in [1.54, 1.807) is 0 Å². The molecule has 0 bridgehead atoms. The minimum atomic E-state index is -0.565. The Kier molecular flexibility index (Phi) is 6.98. The van der Waals surface area contributed by atoms with E-state index in [0.717, 1.165) is 30.7 Å². The van der Waals surface area contributed by atoms with Gasteiger partial charge in [0.1, 0.15) is 17.5 Å². The van der Waals surface area contributed by atoms with Crippen LogP contribution in [0.3, 0.4) is 0 Å². The van der Waals surface area contributed by atoms with Gasteiger partial charge in [0, 0.05) is 0 Å². The molecule has 2 aromatic rings. The van der Waals surface area contributed by atoms with Crippen molar-refractivity contribution in [3.8, 4) is 11.1 Å². The minimum Gasteiger partial charge on any atom is -0.207 e.